The van der Waals surface area contributed by atoms with E-state index in [-0.39, 0.29) is 42.8 Å². The fourth-order valence-corrected chi connectivity index (χ4v) is 5.01. The van der Waals surface area contributed by atoms with E-state index in [2.05, 4.69) is 5.32 Å². The van der Waals surface area contributed by atoms with Crippen LogP contribution in [0.4, 0.5) is 5.69 Å². The predicted molar refractivity (Wildman–Crippen MR) is 116 cm³/mol. The van der Waals surface area contributed by atoms with Crippen molar-refractivity contribution >= 4 is 40.9 Å². The number of nitrogens with two attached hydrogens (primary N) is 1. The Hall–Kier alpha value is -2.05. The van der Waals surface area contributed by atoms with Gasteiger partial charge in [-0.2, -0.15) is 0 Å². The summed E-state index contributed by atoms with van der Waals surface area (Å²) in [6.07, 6.45) is 7.24. The Morgan fingerprint density at radius 3 is 2.62 bits per heavy atom. The number of fused-ring (bicyclic) bond motifs is 3. The molecule has 0 aliphatic heterocycles. The second kappa shape index (κ2) is 9.18. The molecule has 29 heavy (non-hydrogen) atoms. The quantitative estimate of drug-likeness (QED) is 0.723. The molecule has 2 aliphatic carbocycles. The molecule has 0 spiro atoms. The van der Waals surface area contributed by atoms with Crippen molar-refractivity contribution in [3.63, 3.8) is 0 Å². The monoisotopic (exact) mass is 419 g/mol. The number of halogens is 1. The van der Waals surface area contributed by atoms with Crippen LogP contribution in [-0.4, -0.2) is 29.1 Å². The maximum atomic E-state index is 12.8. The molecule has 1 aromatic carbocycles. The molecule has 0 saturated heterocycles. The Labute approximate surface area is 177 Å². The number of carbonyl (C=O) groups is 2. The minimum absolute atomic E-state index is 0. The second-order valence-corrected chi connectivity index (χ2v) is 8.21. The molecule has 1 heterocycles. The number of rotatable bonds is 5. The van der Waals surface area contributed by atoms with E-state index in [1.54, 1.807) is 6.92 Å². The van der Waals surface area contributed by atoms with Gasteiger partial charge in [-0.05, 0) is 68.7 Å². The highest BCUT2D eigenvalue weighted by Crippen LogP contribution is 2.42. The summed E-state index contributed by atoms with van der Waals surface area (Å²) in [6, 6.07) is 8.03. The molecule has 2 saturated carbocycles. The molecule has 6 nitrogen and oxygen atoms in total. The van der Waals surface area contributed by atoms with E-state index in [1.807, 2.05) is 35.0 Å². The third kappa shape index (κ3) is 4.59. The van der Waals surface area contributed by atoms with Gasteiger partial charge in [-0.25, -0.2) is 0 Å². The number of nitrogens with zero attached hydrogens (tertiary/aromatic N) is 1. The first-order chi connectivity index (χ1) is 13.5. The number of carbonyl (C=O) groups excluding carboxylic acids is 2. The molecule has 2 unspecified atom stereocenters. The number of hydrogen-bond acceptors (Lipinski definition) is 4. The first-order valence-electron chi connectivity index (χ1n) is 10.4. The van der Waals surface area contributed by atoms with Crippen LogP contribution in [0, 0.1) is 17.8 Å². The van der Waals surface area contributed by atoms with Crippen LogP contribution < -0.4 is 11.1 Å². The van der Waals surface area contributed by atoms with E-state index in [0.717, 1.165) is 42.3 Å². The number of aromatic nitrogens is 1. The van der Waals surface area contributed by atoms with Crippen LogP contribution in [0.15, 0.2) is 30.5 Å². The largest absolute Gasteiger partial charge is 0.465 e. The Balaban J connectivity index is 0.00000240. The topological polar surface area (TPSA) is 86.3 Å². The molecule has 158 valence electrons. The van der Waals surface area contributed by atoms with Gasteiger partial charge in [0, 0.05) is 34.7 Å². The fourth-order valence-electron chi connectivity index (χ4n) is 5.01. The first kappa shape index (κ1) is 21.7. The van der Waals surface area contributed by atoms with E-state index in [1.165, 1.54) is 6.42 Å². The maximum absolute atomic E-state index is 12.8. The summed E-state index contributed by atoms with van der Waals surface area (Å²) in [5.74, 6) is 0.886. The minimum Gasteiger partial charge on any atom is -0.465 e. The summed E-state index contributed by atoms with van der Waals surface area (Å²) >= 11 is 0. The van der Waals surface area contributed by atoms with Gasteiger partial charge < -0.3 is 20.4 Å². The number of esters is 1. The number of hydrogen-bond donors (Lipinski definition) is 2. The third-order valence-corrected chi connectivity index (χ3v) is 6.43. The molecule has 1 amide bonds. The van der Waals surface area contributed by atoms with Crippen LogP contribution in [0.3, 0.4) is 0 Å². The predicted octanol–water partition coefficient (Wildman–Crippen LogP) is 3.72. The van der Waals surface area contributed by atoms with E-state index >= 15 is 0 Å². The molecule has 2 aromatic rings. The van der Waals surface area contributed by atoms with Crippen molar-refractivity contribution in [3.05, 3.63) is 30.5 Å². The number of amides is 1. The van der Waals surface area contributed by atoms with E-state index in [9.17, 15) is 9.59 Å². The molecule has 7 heteroatoms. The van der Waals surface area contributed by atoms with Gasteiger partial charge in [-0.15, -0.1) is 12.4 Å². The number of ether oxygens (including phenoxy) is 1. The lowest BCUT2D eigenvalue weighted by molar-refractivity contribution is -0.143. The Bertz CT molecular complexity index is 867. The Morgan fingerprint density at radius 1 is 1.21 bits per heavy atom. The summed E-state index contributed by atoms with van der Waals surface area (Å²) in [5, 5.41) is 4.09. The number of nitrogens with one attached hydrogen (secondary N) is 1. The molecule has 2 bridgehead atoms. The SMILES string of the molecule is CCOC(=O)Cn1ccc2cc(NC(=O)C3CC4CCCC(C3)C4N)ccc21.Cl. The van der Waals surface area contributed by atoms with Crippen molar-refractivity contribution in [1.82, 2.24) is 4.57 Å². The molecule has 2 atom stereocenters. The minimum atomic E-state index is -0.251. The van der Waals surface area contributed by atoms with Crippen molar-refractivity contribution in [3.8, 4) is 0 Å². The van der Waals surface area contributed by atoms with Crippen molar-refractivity contribution < 1.29 is 14.3 Å². The van der Waals surface area contributed by atoms with E-state index in [0.29, 0.717) is 18.4 Å². The van der Waals surface area contributed by atoms with Gasteiger partial charge in [0.1, 0.15) is 6.54 Å². The summed E-state index contributed by atoms with van der Waals surface area (Å²) in [6.45, 7) is 2.37. The number of benzene rings is 1. The van der Waals surface area contributed by atoms with Crippen LogP contribution in [0.1, 0.15) is 39.0 Å². The summed E-state index contributed by atoms with van der Waals surface area (Å²) in [7, 11) is 0. The van der Waals surface area contributed by atoms with Crippen LogP contribution in [0.5, 0.6) is 0 Å². The van der Waals surface area contributed by atoms with Gasteiger partial charge in [0.25, 0.3) is 0 Å². The van der Waals surface area contributed by atoms with Gasteiger partial charge >= 0.3 is 5.97 Å². The molecule has 1 aromatic heterocycles. The highest BCUT2D eigenvalue weighted by Gasteiger charge is 2.40. The highest BCUT2D eigenvalue weighted by atomic mass is 35.5. The molecule has 0 radical (unpaired) electrons. The lowest BCUT2D eigenvalue weighted by atomic mass is 9.65. The normalized spacial score (nSPS) is 25.9. The first-order valence-corrected chi connectivity index (χ1v) is 10.4. The average molecular weight is 420 g/mol. The number of anilines is 1. The Morgan fingerprint density at radius 2 is 1.93 bits per heavy atom. The standard InChI is InChI=1S/C22H29N3O3.ClH/c1-2-28-20(26)13-25-9-8-14-12-18(6-7-19(14)25)24-22(27)17-10-15-4-3-5-16(11-17)21(15)23;/h6-9,12,15-17,21H,2-5,10-11,13,23H2,1H3,(H,24,27);1H. The van der Waals surface area contributed by atoms with Gasteiger partial charge in [-0.1, -0.05) is 6.42 Å². The zero-order chi connectivity index (χ0) is 19.7. The molecule has 3 N–H and O–H groups in total. The summed E-state index contributed by atoms with van der Waals surface area (Å²) in [5.41, 5.74) is 8.10. The smallest absolute Gasteiger partial charge is 0.325 e. The van der Waals surface area contributed by atoms with Crippen molar-refractivity contribution in [1.29, 1.82) is 0 Å². The van der Waals surface area contributed by atoms with Gasteiger partial charge in [0.15, 0.2) is 0 Å². The summed E-state index contributed by atoms with van der Waals surface area (Å²) in [4.78, 5) is 24.6. The van der Waals surface area contributed by atoms with Crippen molar-refractivity contribution in [2.75, 3.05) is 11.9 Å². The van der Waals surface area contributed by atoms with Crippen LogP contribution in [0.25, 0.3) is 10.9 Å². The van der Waals surface area contributed by atoms with Crippen LogP contribution >= 0.6 is 12.4 Å². The summed E-state index contributed by atoms with van der Waals surface area (Å²) < 4.78 is 6.88. The zero-order valence-corrected chi connectivity index (χ0v) is 17.6. The van der Waals surface area contributed by atoms with Gasteiger partial charge in [-0.3, -0.25) is 9.59 Å². The zero-order valence-electron chi connectivity index (χ0n) is 16.8. The molecule has 2 fully saturated rings. The lowest BCUT2D eigenvalue weighted by Crippen LogP contribution is -2.48. The maximum Gasteiger partial charge on any atom is 0.325 e. The fraction of sp³-hybridized carbons (Fsp3) is 0.545. The molecule has 4 rings (SSSR count). The lowest BCUT2D eigenvalue weighted by Gasteiger charge is -2.43. The van der Waals surface area contributed by atoms with Gasteiger partial charge in [0.05, 0.1) is 6.61 Å². The van der Waals surface area contributed by atoms with Gasteiger partial charge in [0.2, 0.25) is 5.91 Å². The van der Waals surface area contributed by atoms with Crippen LogP contribution in [-0.2, 0) is 20.9 Å². The highest BCUT2D eigenvalue weighted by molar-refractivity contribution is 5.95. The van der Waals surface area contributed by atoms with Crippen LogP contribution in [0.2, 0.25) is 0 Å². The van der Waals surface area contributed by atoms with Crippen molar-refractivity contribution in [2.24, 2.45) is 23.5 Å². The third-order valence-electron chi connectivity index (χ3n) is 6.43. The molecule has 2 aliphatic rings. The van der Waals surface area contributed by atoms with E-state index < -0.39 is 0 Å². The molecular weight excluding hydrogens is 390 g/mol. The molecular formula is C22H30ClN3O3. The average Bonchev–Trinajstić information content (AvgIpc) is 3.03. The van der Waals surface area contributed by atoms with Crippen molar-refractivity contribution in [2.45, 2.75) is 51.6 Å². The van der Waals surface area contributed by atoms with E-state index in [4.69, 9.17) is 10.5 Å². The second-order valence-electron chi connectivity index (χ2n) is 8.21. The Kier molecular flexibility index (Phi) is 6.85.